The minimum atomic E-state index is -3.44. The van der Waals surface area contributed by atoms with Crippen LogP contribution in [0.4, 0.5) is 0 Å². The molecule has 29 heavy (non-hydrogen) atoms. The molecule has 2 aromatic rings. The SMILES string of the molecule is Cn1cccc1C1CCCCCN1C(=O)c1ccc(S(=O)(=O)CCCC#N)cc1. The third-order valence-corrected chi connectivity index (χ3v) is 7.32. The molecular formula is C22H27N3O3S. The van der Waals surface area contributed by atoms with Gasteiger partial charge in [-0.05, 0) is 55.7 Å². The van der Waals surface area contributed by atoms with E-state index in [0.29, 0.717) is 18.5 Å². The van der Waals surface area contributed by atoms with Gasteiger partial charge in [0.15, 0.2) is 9.84 Å². The lowest BCUT2D eigenvalue weighted by Gasteiger charge is -2.30. The molecule has 0 aliphatic carbocycles. The molecule has 1 fully saturated rings. The number of amides is 1. The Morgan fingerprint density at radius 3 is 2.59 bits per heavy atom. The molecule has 154 valence electrons. The molecule has 0 saturated carbocycles. The van der Waals surface area contributed by atoms with Gasteiger partial charge in [-0.15, -0.1) is 0 Å². The highest BCUT2D eigenvalue weighted by atomic mass is 32.2. The van der Waals surface area contributed by atoms with Gasteiger partial charge in [0.1, 0.15) is 0 Å². The fourth-order valence-corrected chi connectivity index (χ4v) is 5.22. The van der Waals surface area contributed by atoms with Crippen LogP contribution in [0.3, 0.4) is 0 Å². The Balaban J connectivity index is 1.81. The van der Waals surface area contributed by atoms with Crippen molar-refractivity contribution in [1.82, 2.24) is 9.47 Å². The monoisotopic (exact) mass is 413 g/mol. The molecule has 1 amide bonds. The number of carbonyl (C=O) groups is 1. The fraction of sp³-hybridized carbons (Fsp3) is 0.455. The van der Waals surface area contributed by atoms with Gasteiger partial charge in [0.2, 0.25) is 0 Å². The van der Waals surface area contributed by atoms with Crippen molar-refractivity contribution >= 4 is 15.7 Å². The van der Waals surface area contributed by atoms with Crippen LogP contribution in [-0.4, -0.2) is 36.1 Å². The van der Waals surface area contributed by atoms with Gasteiger partial charge in [0.25, 0.3) is 5.91 Å². The second-order valence-corrected chi connectivity index (χ2v) is 9.62. The van der Waals surface area contributed by atoms with Crippen molar-refractivity contribution in [3.63, 3.8) is 0 Å². The number of rotatable bonds is 6. The van der Waals surface area contributed by atoms with Crippen LogP contribution in [0.15, 0.2) is 47.5 Å². The number of hydrogen-bond acceptors (Lipinski definition) is 4. The maximum Gasteiger partial charge on any atom is 0.254 e. The molecule has 1 unspecified atom stereocenters. The maximum atomic E-state index is 13.3. The number of aryl methyl sites for hydroxylation is 1. The number of hydrogen-bond donors (Lipinski definition) is 0. The van der Waals surface area contributed by atoms with Crippen LogP contribution in [0.2, 0.25) is 0 Å². The largest absolute Gasteiger partial charge is 0.353 e. The van der Waals surface area contributed by atoms with Crippen LogP contribution in [0.25, 0.3) is 0 Å². The Labute approximate surface area is 172 Å². The number of sulfone groups is 1. The van der Waals surface area contributed by atoms with Gasteiger partial charge < -0.3 is 9.47 Å². The van der Waals surface area contributed by atoms with Crippen molar-refractivity contribution < 1.29 is 13.2 Å². The standard InChI is InChI=1S/C22H27N3O3S/c1-24-15-7-9-20(24)21-8-3-2-5-16-25(21)22(26)18-10-12-19(13-11-18)29(27,28)17-6-4-14-23/h7,9-13,15,21H,2-6,8,16-17H2,1H3. The minimum Gasteiger partial charge on any atom is -0.353 e. The third-order valence-electron chi connectivity index (χ3n) is 5.50. The van der Waals surface area contributed by atoms with Crippen LogP contribution < -0.4 is 0 Å². The summed E-state index contributed by atoms with van der Waals surface area (Å²) in [5.74, 6) is -0.123. The fourth-order valence-electron chi connectivity index (χ4n) is 3.91. The van der Waals surface area contributed by atoms with Gasteiger partial charge in [-0.25, -0.2) is 8.42 Å². The molecule has 2 heterocycles. The Kier molecular flexibility index (Phi) is 6.75. The van der Waals surface area contributed by atoms with Gasteiger partial charge in [0, 0.05) is 37.5 Å². The average Bonchev–Trinajstić information content (AvgIpc) is 2.99. The van der Waals surface area contributed by atoms with Gasteiger partial charge in [-0.2, -0.15) is 5.26 Å². The van der Waals surface area contributed by atoms with Crippen molar-refractivity contribution in [3.8, 4) is 6.07 Å². The molecule has 0 spiro atoms. The number of unbranched alkanes of at least 4 members (excludes halogenated alkanes) is 1. The quantitative estimate of drug-likeness (QED) is 0.673. The zero-order valence-corrected chi connectivity index (χ0v) is 17.6. The lowest BCUT2D eigenvalue weighted by molar-refractivity contribution is 0.0674. The molecule has 1 saturated heterocycles. The van der Waals surface area contributed by atoms with Crippen molar-refractivity contribution in [2.45, 2.75) is 49.5 Å². The second-order valence-electron chi connectivity index (χ2n) is 7.51. The van der Waals surface area contributed by atoms with E-state index in [1.54, 1.807) is 12.1 Å². The molecule has 1 atom stereocenters. The van der Waals surface area contributed by atoms with Crippen molar-refractivity contribution in [2.24, 2.45) is 7.05 Å². The predicted octanol–water partition coefficient (Wildman–Crippen LogP) is 3.86. The molecule has 6 nitrogen and oxygen atoms in total. The van der Waals surface area contributed by atoms with Gasteiger partial charge >= 0.3 is 0 Å². The lowest BCUT2D eigenvalue weighted by atomic mass is 10.1. The Morgan fingerprint density at radius 2 is 1.93 bits per heavy atom. The van der Waals surface area contributed by atoms with Gasteiger partial charge in [-0.1, -0.05) is 12.8 Å². The highest BCUT2D eigenvalue weighted by Crippen LogP contribution is 2.31. The summed E-state index contributed by atoms with van der Waals surface area (Å²) in [5.41, 5.74) is 1.62. The van der Waals surface area contributed by atoms with E-state index in [2.05, 4.69) is 10.6 Å². The van der Waals surface area contributed by atoms with E-state index < -0.39 is 9.84 Å². The van der Waals surface area contributed by atoms with Crippen LogP contribution in [-0.2, 0) is 16.9 Å². The molecule has 0 bridgehead atoms. The highest BCUT2D eigenvalue weighted by Gasteiger charge is 2.29. The first-order chi connectivity index (χ1) is 13.9. The van der Waals surface area contributed by atoms with Crippen molar-refractivity contribution in [3.05, 3.63) is 53.9 Å². The Hall–Kier alpha value is -2.59. The number of carbonyl (C=O) groups excluding carboxylic acids is 1. The first kappa shape index (κ1) is 21.1. The molecule has 1 aromatic carbocycles. The van der Waals surface area contributed by atoms with Crippen LogP contribution in [0.1, 0.15) is 60.6 Å². The third kappa shape index (κ3) is 4.88. The molecular weight excluding hydrogens is 386 g/mol. The number of aromatic nitrogens is 1. The molecule has 1 aliphatic heterocycles. The molecule has 1 aliphatic rings. The molecule has 0 radical (unpaired) electrons. The zero-order chi connectivity index (χ0) is 20.9. The average molecular weight is 414 g/mol. The van der Waals surface area contributed by atoms with Gasteiger partial charge in [-0.3, -0.25) is 4.79 Å². The van der Waals surface area contributed by atoms with Gasteiger partial charge in [0.05, 0.1) is 22.8 Å². The summed E-state index contributed by atoms with van der Waals surface area (Å²) in [6.45, 7) is 0.697. The molecule has 3 rings (SSSR count). The minimum absolute atomic E-state index is 0.0272. The summed E-state index contributed by atoms with van der Waals surface area (Å²) < 4.78 is 26.8. The van der Waals surface area contributed by atoms with E-state index in [-0.39, 0.29) is 29.0 Å². The first-order valence-electron chi connectivity index (χ1n) is 10.1. The number of nitrogens with zero attached hydrogens (tertiary/aromatic N) is 3. The van der Waals surface area contributed by atoms with E-state index >= 15 is 0 Å². The summed E-state index contributed by atoms with van der Waals surface area (Å²) in [5, 5.41) is 8.59. The van der Waals surface area contributed by atoms with E-state index in [0.717, 1.165) is 31.4 Å². The number of likely N-dealkylation sites (tertiary alicyclic amines) is 1. The van der Waals surface area contributed by atoms with E-state index in [1.807, 2.05) is 30.3 Å². The van der Waals surface area contributed by atoms with Crippen LogP contribution >= 0.6 is 0 Å². The van der Waals surface area contributed by atoms with E-state index in [1.165, 1.54) is 12.1 Å². The Morgan fingerprint density at radius 1 is 1.17 bits per heavy atom. The first-order valence-corrected chi connectivity index (χ1v) is 11.7. The molecule has 1 aromatic heterocycles. The summed E-state index contributed by atoms with van der Waals surface area (Å²) in [6, 6.07) is 12.3. The normalized spacial score (nSPS) is 17.5. The lowest BCUT2D eigenvalue weighted by Crippen LogP contribution is -2.35. The molecule has 7 heteroatoms. The number of benzene rings is 1. The maximum absolute atomic E-state index is 13.3. The molecule has 0 N–H and O–H groups in total. The zero-order valence-electron chi connectivity index (χ0n) is 16.8. The van der Waals surface area contributed by atoms with Crippen LogP contribution in [0, 0.1) is 11.3 Å². The highest BCUT2D eigenvalue weighted by molar-refractivity contribution is 7.91. The van der Waals surface area contributed by atoms with E-state index in [9.17, 15) is 13.2 Å². The van der Waals surface area contributed by atoms with Crippen molar-refractivity contribution in [1.29, 1.82) is 5.26 Å². The van der Waals surface area contributed by atoms with Crippen molar-refractivity contribution in [2.75, 3.05) is 12.3 Å². The van der Waals surface area contributed by atoms with E-state index in [4.69, 9.17) is 5.26 Å². The smallest absolute Gasteiger partial charge is 0.254 e. The Bertz CT molecular complexity index is 987. The number of nitriles is 1. The second kappa shape index (κ2) is 9.27. The van der Waals surface area contributed by atoms with Crippen LogP contribution in [0.5, 0.6) is 0 Å². The summed E-state index contributed by atoms with van der Waals surface area (Å²) >= 11 is 0. The summed E-state index contributed by atoms with van der Waals surface area (Å²) in [4.78, 5) is 15.4. The summed E-state index contributed by atoms with van der Waals surface area (Å²) in [7, 11) is -1.44. The predicted molar refractivity (Wildman–Crippen MR) is 111 cm³/mol. The topological polar surface area (TPSA) is 83.2 Å². The summed E-state index contributed by atoms with van der Waals surface area (Å²) in [6.07, 6.45) is 6.60.